The van der Waals surface area contributed by atoms with Gasteiger partial charge >= 0.3 is 0 Å². The van der Waals surface area contributed by atoms with Crippen molar-refractivity contribution < 1.29 is 21.6 Å². The second-order valence-corrected chi connectivity index (χ2v) is 9.98. The standard InChI is InChI=1S/C17H15ClN4O5S2/c1-28(24,25)13-7-8-14(18)16(9-13)29(26,27)21-20-17(23)15-10-19-11-22(15)12-5-3-2-4-6-12/h2-11,21H,1H3,(H,20,23). The van der Waals surface area contributed by atoms with Crippen molar-refractivity contribution in [2.45, 2.75) is 9.79 Å². The molecule has 0 aliphatic carbocycles. The molecule has 12 heteroatoms. The highest BCUT2D eigenvalue weighted by Crippen LogP contribution is 2.24. The van der Waals surface area contributed by atoms with Crippen LogP contribution in [0.2, 0.25) is 5.02 Å². The molecule has 1 amide bonds. The predicted octanol–water partition coefficient (Wildman–Crippen LogP) is 1.55. The van der Waals surface area contributed by atoms with Gasteiger partial charge in [0.2, 0.25) is 0 Å². The SMILES string of the molecule is CS(=O)(=O)c1ccc(Cl)c(S(=O)(=O)NNC(=O)c2cncn2-c2ccccc2)c1. The molecule has 29 heavy (non-hydrogen) atoms. The third-order valence-electron chi connectivity index (χ3n) is 3.82. The van der Waals surface area contributed by atoms with Crippen molar-refractivity contribution in [3.05, 3.63) is 71.8 Å². The number of hydrogen-bond acceptors (Lipinski definition) is 6. The van der Waals surface area contributed by atoms with E-state index in [0.717, 1.165) is 18.4 Å². The molecular weight excluding hydrogens is 440 g/mol. The van der Waals surface area contributed by atoms with E-state index in [1.165, 1.54) is 23.2 Å². The Morgan fingerprint density at radius 2 is 1.76 bits per heavy atom. The number of amides is 1. The second kappa shape index (κ2) is 7.95. The van der Waals surface area contributed by atoms with Crippen LogP contribution in [0.3, 0.4) is 0 Å². The number of rotatable bonds is 6. The summed E-state index contributed by atoms with van der Waals surface area (Å²) in [7, 11) is -8.00. The Kier molecular flexibility index (Phi) is 5.75. The molecule has 152 valence electrons. The van der Waals surface area contributed by atoms with Crippen molar-refractivity contribution in [2.75, 3.05) is 6.26 Å². The third kappa shape index (κ3) is 4.65. The molecule has 0 atom stereocenters. The minimum atomic E-state index is -4.35. The Morgan fingerprint density at radius 1 is 1.07 bits per heavy atom. The van der Waals surface area contributed by atoms with Crippen molar-refractivity contribution in [1.82, 2.24) is 19.8 Å². The van der Waals surface area contributed by atoms with Gasteiger partial charge in [0.05, 0.1) is 22.4 Å². The van der Waals surface area contributed by atoms with E-state index in [2.05, 4.69) is 10.4 Å². The molecule has 1 aromatic heterocycles. The van der Waals surface area contributed by atoms with Gasteiger partial charge < -0.3 is 0 Å². The summed E-state index contributed by atoms with van der Waals surface area (Å²) in [6.07, 6.45) is 3.62. The number of hydrogen-bond donors (Lipinski definition) is 2. The Balaban J connectivity index is 1.84. The summed E-state index contributed by atoms with van der Waals surface area (Å²) in [4.78, 5) is 17.6. The van der Waals surface area contributed by atoms with E-state index in [1.54, 1.807) is 24.3 Å². The van der Waals surface area contributed by atoms with Gasteiger partial charge in [-0.05, 0) is 30.3 Å². The number of nitrogens with one attached hydrogen (secondary N) is 2. The molecular formula is C17H15ClN4O5S2. The van der Waals surface area contributed by atoms with Gasteiger partial charge in [0.25, 0.3) is 15.9 Å². The van der Waals surface area contributed by atoms with Gasteiger partial charge in [-0.25, -0.2) is 21.8 Å². The molecule has 0 unspecified atom stereocenters. The first kappa shape index (κ1) is 21.0. The first-order chi connectivity index (χ1) is 13.6. The predicted molar refractivity (Wildman–Crippen MR) is 106 cm³/mol. The molecule has 3 rings (SSSR count). The quantitative estimate of drug-likeness (QED) is 0.544. The minimum Gasteiger partial charge on any atom is -0.295 e. The number of nitrogens with zero attached hydrogens (tertiary/aromatic N) is 2. The number of carbonyl (C=O) groups excluding carboxylic acids is 1. The van der Waals surface area contributed by atoms with E-state index in [-0.39, 0.29) is 15.6 Å². The smallest absolute Gasteiger partial charge is 0.284 e. The molecule has 0 aliphatic rings. The van der Waals surface area contributed by atoms with Crippen LogP contribution in [0.25, 0.3) is 5.69 Å². The van der Waals surface area contributed by atoms with Gasteiger partial charge in [-0.1, -0.05) is 29.8 Å². The van der Waals surface area contributed by atoms with E-state index in [0.29, 0.717) is 5.69 Å². The van der Waals surface area contributed by atoms with Crippen molar-refractivity contribution in [1.29, 1.82) is 0 Å². The Labute approximate surface area is 172 Å². The number of imidazole rings is 1. The van der Waals surface area contributed by atoms with Gasteiger partial charge in [0.15, 0.2) is 9.84 Å². The van der Waals surface area contributed by atoms with Crippen LogP contribution in [0.5, 0.6) is 0 Å². The van der Waals surface area contributed by atoms with Crippen LogP contribution in [0.15, 0.2) is 70.8 Å². The molecule has 0 spiro atoms. The monoisotopic (exact) mass is 454 g/mol. The summed E-state index contributed by atoms with van der Waals surface area (Å²) in [5, 5.41) is -0.200. The molecule has 0 bridgehead atoms. The van der Waals surface area contributed by atoms with Crippen LogP contribution >= 0.6 is 11.6 Å². The van der Waals surface area contributed by atoms with E-state index in [4.69, 9.17) is 11.6 Å². The number of benzene rings is 2. The summed E-state index contributed by atoms with van der Waals surface area (Å²) < 4.78 is 49.9. The molecule has 0 aliphatic heterocycles. The summed E-state index contributed by atoms with van der Waals surface area (Å²) in [5.41, 5.74) is 2.81. The zero-order valence-corrected chi connectivity index (χ0v) is 17.3. The number of sulfonamides is 1. The highest BCUT2D eigenvalue weighted by Gasteiger charge is 2.23. The van der Waals surface area contributed by atoms with E-state index in [9.17, 15) is 21.6 Å². The molecule has 2 N–H and O–H groups in total. The molecule has 0 fully saturated rings. The summed E-state index contributed by atoms with van der Waals surface area (Å²) >= 11 is 5.91. The van der Waals surface area contributed by atoms with Crippen LogP contribution < -0.4 is 10.3 Å². The molecule has 1 heterocycles. The largest absolute Gasteiger partial charge is 0.295 e. The number of para-hydroxylation sites is 1. The van der Waals surface area contributed by atoms with Crippen molar-refractivity contribution >= 4 is 37.4 Å². The van der Waals surface area contributed by atoms with Crippen molar-refractivity contribution in [3.63, 3.8) is 0 Å². The maximum atomic E-state index is 12.5. The zero-order valence-electron chi connectivity index (χ0n) is 14.9. The fourth-order valence-electron chi connectivity index (χ4n) is 2.41. The topological polar surface area (TPSA) is 127 Å². The average Bonchev–Trinajstić information content (AvgIpc) is 3.16. The summed E-state index contributed by atoms with van der Waals surface area (Å²) in [6, 6.07) is 12.1. The van der Waals surface area contributed by atoms with E-state index >= 15 is 0 Å². The number of hydrazine groups is 1. The number of aromatic nitrogens is 2. The highest BCUT2D eigenvalue weighted by atomic mass is 35.5. The first-order valence-electron chi connectivity index (χ1n) is 7.99. The zero-order chi connectivity index (χ0) is 21.2. The Hall–Kier alpha value is -2.73. The van der Waals surface area contributed by atoms with Crippen LogP contribution in [0.1, 0.15) is 10.5 Å². The first-order valence-corrected chi connectivity index (χ1v) is 11.7. The maximum absolute atomic E-state index is 12.5. The lowest BCUT2D eigenvalue weighted by Crippen LogP contribution is -2.42. The van der Waals surface area contributed by atoms with Crippen molar-refractivity contribution in [2.24, 2.45) is 0 Å². The molecule has 0 radical (unpaired) electrons. The van der Waals surface area contributed by atoms with E-state index < -0.39 is 30.7 Å². The Morgan fingerprint density at radius 3 is 2.41 bits per heavy atom. The lowest BCUT2D eigenvalue weighted by molar-refractivity contribution is 0.0938. The summed E-state index contributed by atoms with van der Waals surface area (Å²) in [6.45, 7) is 0. The fourth-order valence-corrected chi connectivity index (χ4v) is 4.50. The highest BCUT2D eigenvalue weighted by molar-refractivity contribution is 7.91. The second-order valence-electron chi connectivity index (χ2n) is 5.91. The lowest BCUT2D eigenvalue weighted by Gasteiger charge is -2.12. The van der Waals surface area contributed by atoms with Crippen LogP contribution in [-0.4, -0.2) is 38.5 Å². The molecule has 3 aromatic rings. The van der Waals surface area contributed by atoms with Crippen LogP contribution in [0, 0.1) is 0 Å². The van der Waals surface area contributed by atoms with Gasteiger partial charge in [-0.3, -0.25) is 14.8 Å². The fraction of sp³-hybridized carbons (Fsp3) is 0.0588. The molecule has 2 aromatic carbocycles. The number of halogens is 1. The van der Waals surface area contributed by atoms with Crippen molar-refractivity contribution in [3.8, 4) is 5.69 Å². The average molecular weight is 455 g/mol. The maximum Gasteiger partial charge on any atom is 0.284 e. The number of sulfone groups is 1. The van der Waals surface area contributed by atoms with Gasteiger partial charge in [-0.2, -0.15) is 0 Å². The summed E-state index contributed by atoms with van der Waals surface area (Å²) in [5.74, 6) is -0.773. The molecule has 0 saturated heterocycles. The minimum absolute atomic E-state index is 0.0786. The van der Waals surface area contributed by atoms with Gasteiger partial charge in [0.1, 0.15) is 10.6 Å². The van der Waals surface area contributed by atoms with Gasteiger partial charge in [0, 0.05) is 11.9 Å². The molecule has 9 nitrogen and oxygen atoms in total. The lowest BCUT2D eigenvalue weighted by atomic mass is 10.3. The van der Waals surface area contributed by atoms with E-state index in [1.807, 2.05) is 10.9 Å². The Bertz CT molecular complexity index is 1270. The van der Waals surface area contributed by atoms with Gasteiger partial charge in [-0.15, -0.1) is 4.83 Å². The molecule has 0 saturated carbocycles. The third-order valence-corrected chi connectivity index (χ3v) is 6.66. The number of carbonyl (C=O) groups is 1. The normalized spacial score (nSPS) is 11.9. The van der Waals surface area contributed by atoms with Crippen LogP contribution in [0.4, 0.5) is 0 Å². The van der Waals surface area contributed by atoms with Crippen LogP contribution in [-0.2, 0) is 19.9 Å².